The number of nitro groups is 4. The number of rotatable bonds is 17. The van der Waals surface area contributed by atoms with Crippen molar-refractivity contribution in [1.82, 2.24) is 44.9 Å². The third-order valence-electron chi connectivity index (χ3n) is 22.1. The van der Waals surface area contributed by atoms with Gasteiger partial charge >= 0.3 is 80.6 Å². The van der Waals surface area contributed by atoms with Crippen LogP contribution in [0.4, 0.5) is 45.5 Å². The van der Waals surface area contributed by atoms with E-state index in [4.69, 9.17) is 124 Å². The molecule has 0 atom stereocenters. The standard InChI is InChI=1S/C19H15ClN4O4.C19H17ClN4O2.C19H18ClN3O3.C11H18BNO3.C11H10BrN3O3.C7H8ClN.C6H5BrN2O2.CH4.2Na.O4S2/c1-10-17(11(2)28-22-10)13-7-15-18(16(8-13)24(26)27)21-19(25)23(15)9-12-3-5-14(20)6-4-12;1-10-17(11(2)26-23-10)13-7-15(21)18-16(8-13)24(19(25)22-18)9-12-3-5-14(20)6-4-12;1-11-18(12(2)26-22-11)15-9-14(19(21)17(10-15)23(24)25)6-3-13-4-7-16(20)8-5-13;1-7-9(8(2)14-13-7)12-15-10(3,4)11(5,6)16-12;1-5-10(6(2)18-14-5)7-3-8(12)11(13)9(4-7)15(16)17;8-7-3-1-6(5-9)2-4-7;7-4-1-2-5(8)6(3-4)9(10)11;;;;1-5(2)6(3)4/h3-8H,9H2,1-2H3,(H,21,25);3-8H,9,21H2,1-2H3,(H,22,25);4-5,7-10H,3,6,21H2,1-2H3;1-6H3;3-4H,13H2,1-2H3;1-4H,5,9H2;1-3H,8H2;1H4;;;. The van der Waals surface area contributed by atoms with Gasteiger partial charge < -0.3 is 65.6 Å². The predicted octanol–water partition coefficient (Wildman–Crippen LogP) is 20.1. The summed E-state index contributed by atoms with van der Waals surface area (Å²) < 4.78 is 78.3. The molecule has 39 nitrogen and oxygen atoms in total. The number of imidazole rings is 2. The Morgan fingerprint density at radius 3 is 1.11 bits per heavy atom. The molecule has 0 amide bonds. The molecule has 742 valence electrons. The topological polar surface area (TPSA) is 595 Å². The van der Waals surface area contributed by atoms with E-state index in [-0.39, 0.29) is 83.3 Å². The van der Waals surface area contributed by atoms with E-state index in [1.54, 1.807) is 101 Å². The Kier molecular flexibility index (Phi) is 41.9. The molecule has 1 saturated heterocycles. The van der Waals surface area contributed by atoms with E-state index in [1.165, 1.54) is 78.5 Å². The van der Waals surface area contributed by atoms with Crippen LogP contribution in [0.2, 0.25) is 20.1 Å². The summed E-state index contributed by atoms with van der Waals surface area (Å²) in [5.74, 6) is 3.25. The van der Waals surface area contributed by atoms with E-state index in [9.17, 15) is 50.0 Å². The number of nitrogens with one attached hydrogen (secondary N) is 2. The second-order valence-corrected chi connectivity index (χ2v) is 38.3. The number of nitro benzene ring substituents is 4. The molecule has 1 fully saturated rings. The van der Waals surface area contributed by atoms with E-state index in [2.05, 4.69) is 67.6 Å². The number of aromatic amines is 2. The van der Waals surface area contributed by atoms with E-state index in [1.807, 2.05) is 134 Å². The first-order chi connectivity index (χ1) is 66.9. The number of nitrogens with two attached hydrogens (primary N) is 5. The van der Waals surface area contributed by atoms with Gasteiger partial charge in [0, 0.05) is 87.6 Å². The van der Waals surface area contributed by atoms with Gasteiger partial charge in [0.25, 0.3) is 22.7 Å². The molecule has 1 aliphatic heterocycles. The second kappa shape index (κ2) is 51.5. The SMILES string of the molecule is C.Cc1noc(C)c1-c1cc(Br)c(N)c([N+](=O)[O-])c1.Cc1noc(C)c1-c1cc(CCc2ccc(Cl)cc2)c(N)c([N+](=O)[O-])c1.Cc1noc(C)c1-c1cc(N)c2[nH]c(=O)n(Cc3ccc(Cl)cc3)c2c1.Cc1noc(C)c1-c1cc([N+](=O)[O-])c2[nH]c(=O)n(Cc3ccc(Cl)cc3)c2c1.Cc1noc(C)c1B1OC(C)(C)C(C)(C)O1.NCc1ccc(Cl)cc1.Nc1ccc(Br)cc1[N+](=O)[O-].O=S(=O)=S(=O)=O.[Na][Na]. The number of benzene rings is 9. The predicted molar refractivity (Wildman–Crippen MR) is 561 cm³/mol. The fourth-order valence-electron chi connectivity index (χ4n) is 14.5. The van der Waals surface area contributed by atoms with Gasteiger partial charge in [-0.3, -0.25) is 54.6 Å². The van der Waals surface area contributed by atoms with Crippen LogP contribution in [0.15, 0.2) is 205 Å². The van der Waals surface area contributed by atoms with Crippen molar-refractivity contribution in [3.05, 3.63) is 339 Å². The molecular weight excluding hydrogens is 2130 g/mol. The molecule has 7 aromatic heterocycles. The summed E-state index contributed by atoms with van der Waals surface area (Å²) in [6, 6.07) is 47.5. The third kappa shape index (κ3) is 29.7. The zero-order valence-electron chi connectivity index (χ0n) is 79.2. The van der Waals surface area contributed by atoms with Gasteiger partial charge in [-0.1, -0.05) is 144 Å². The quantitative estimate of drug-likeness (QED) is 0.0193. The summed E-state index contributed by atoms with van der Waals surface area (Å²) in [7, 11) is -6.28. The van der Waals surface area contributed by atoms with Crippen molar-refractivity contribution in [2.45, 2.75) is 148 Å². The average Bonchev–Trinajstić information content (AvgIpc) is 1.62. The molecule has 0 unspecified atom stereocenters. The molecule has 1 aliphatic rings. The van der Waals surface area contributed by atoms with Crippen LogP contribution in [0.3, 0.4) is 0 Å². The van der Waals surface area contributed by atoms with Crippen molar-refractivity contribution in [3.8, 4) is 44.5 Å². The van der Waals surface area contributed by atoms with Crippen LogP contribution in [-0.2, 0) is 60.3 Å². The van der Waals surface area contributed by atoms with Crippen molar-refractivity contribution >= 4 is 221 Å². The van der Waals surface area contributed by atoms with Crippen molar-refractivity contribution in [2.75, 3.05) is 22.9 Å². The Hall–Kier alpha value is -11.9. The number of aryl methyl sites for hydroxylation is 12. The van der Waals surface area contributed by atoms with Crippen LogP contribution < -0.4 is 45.5 Å². The van der Waals surface area contributed by atoms with E-state index in [0.29, 0.717) is 129 Å². The number of hydrogen-bond donors (Lipinski definition) is 7. The summed E-state index contributed by atoms with van der Waals surface area (Å²) in [6.07, 6.45) is 1.27. The summed E-state index contributed by atoms with van der Waals surface area (Å²) in [6.45, 7) is 27.5. The number of anilines is 4. The number of halogens is 6. The fraction of sp³-hybridized carbons (Fsp3) is 0.237. The van der Waals surface area contributed by atoms with E-state index in [0.717, 1.165) is 83.2 Å². The number of fused-ring (bicyclic) bond motifs is 2. The summed E-state index contributed by atoms with van der Waals surface area (Å²) in [5, 5.41) is 66.6. The molecule has 50 heteroatoms. The molecule has 17 rings (SSSR count). The maximum atomic E-state index is 12.5. The molecule has 0 bridgehead atoms. The monoisotopic (exact) mass is 2220 g/mol. The molecular formula is C93H95BBr2Cl4N18Na2O21S2. The number of hydrogen-bond acceptors (Lipinski definition) is 31. The Morgan fingerprint density at radius 1 is 0.420 bits per heavy atom. The van der Waals surface area contributed by atoms with Gasteiger partial charge in [0.2, 0.25) is 0 Å². The first-order valence-electron chi connectivity index (χ1n) is 42.7. The molecule has 16 aromatic rings. The van der Waals surface area contributed by atoms with Crippen LogP contribution in [0.1, 0.15) is 120 Å². The van der Waals surface area contributed by atoms with Gasteiger partial charge in [-0.2, -0.15) is 16.8 Å². The normalized spacial score (nSPS) is 11.8. The molecule has 0 radical (unpaired) electrons. The Morgan fingerprint density at radius 2 is 0.755 bits per heavy atom. The van der Waals surface area contributed by atoms with Gasteiger partial charge in [-0.15, -0.1) is 0 Å². The Labute approximate surface area is 886 Å². The fourth-order valence-corrected chi connectivity index (χ4v) is 15.8. The van der Waals surface area contributed by atoms with Crippen molar-refractivity contribution in [1.29, 1.82) is 0 Å². The molecule has 0 saturated carbocycles. The van der Waals surface area contributed by atoms with Gasteiger partial charge in [0.1, 0.15) is 51.4 Å². The van der Waals surface area contributed by atoms with Crippen LogP contribution >= 0.6 is 78.3 Å². The Bertz CT molecular complexity index is 7590. The number of aromatic nitrogens is 9. The first-order valence-corrected chi connectivity index (χ1v) is 56.5. The molecule has 143 heavy (non-hydrogen) atoms. The average molecular weight is 2220 g/mol. The molecule has 9 aromatic carbocycles. The van der Waals surface area contributed by atoms with E-state index >= 15 is 0 Å². The van der Waals surface area contributed by atoms with Crippen LogP contribution in [0, 0.1) is 110 Å². The van der Waals surface area contributed by atoms with E-state index < -0.39 is 43.9 Å². The van der Waals surface area contributed by atoms with Crippen LogP contribution in [-0.4, -0.2) is 143 Å². The number of non-ortho nitro benzene ring substituents is 1. The summed E-state index contributed by atoms with van der Waals surface area (Å²) in [4.78, 5) is 72.8. The minimum absolute atomic E-state index is 0. The van der Waals surface area contributed by atoms with Gasteiger partial charge in [-0.05, 0) is 267 Å². The number of nitrogen functional groups attached to an aromatic ring is 4. The van der Waals surface area contributed by atoms with Crippen LogP contribution in [0.25, 0.3) is 66.6 Å². The number of H-pyrrole nitrogens is 2. The molecule has 8 heterocycles. The van der Waals surface area contributed by atoms with Crippen molar-refractivity contribution in [2.24, 2.45) is 5.73 Å². The van der Waals surface area contributed by atoms with Crippen LogP contribution in [0.5, 0.6) is 0 Å². The summed E-state index contributed by atoms with van der Waals surface area (Å²) in [5.41, 5.74) is 44.9. The van der Waals surface area contributed by atoms with Crippen molar-refractivity contribution in [3.63, 3.8) is 0 Å². The maximum absolute atomic E-state index is 12.5. The van der Waals surface area contributed by atoms with Crippen molar-refractivity contribution < 1.29 is 68.5 Å². The first kappa shape index (κ1) is 116. The van der Waals surface area contributed by atoms with Gasteiger partial charge in [0.15, 0.2) is 0 Å². The molecule has 0 aliphatic carbocycles. The Balaban J connectivity index is 0.000000206. The third-order valence-corrected chi connectivity index (χ3v) is 25.2. The summed E-state index contributed by atoms with van der Waals surface area (Å²) >= 11 is 32.6. The van der Waals surface area contributed by atoms with Gasteiger partial charge in [0.05, 0.1) is 94.7 Å². The molecule has 12 N–H and O–H groups in total. The zero-order valence-corrected chi connectivity index (χ0v) is 91.0. The minimum atomic E-state index is -2.95. The molecule has 0 spiro atoms. The zero-order chi connectivity index (χ0) is 105. The second-order valence-electron chi connectivity index (χ2n) is 32.3. The van der Waals surface area contributed by atoms with Gasteiger partial charge in [-0.25, -0.2) is 9.59 Å². The number of nitrogens with zero attached hydrogens (tertiary/aromatic N) is 11.